The smallest absolute Gasteiger partial charge is 0.238 e. The van der Waals surface area contributed by atoms with Gasteiger partial charge in [0.1, 0.15) is 23.8 Å². The number of aryl methyl sites for hydroxylation is 1. The van der Waals surface area contributed by atoms with Gasteiger partial charge in [-0.05, 0) is 12.1 Å². The molecule has 0 atom stereocenters. The maximum atomic E-state index is 13.7. The minimum atomic E-state index is -0.663. The van der Waals surface area contributed by atoms with Crippen molar-refractivity contribution >= 4 is 28.4 Å². The number of aromatic nitrogens is 4. The van der Waals surface area contributed by atoms with E-state index in [1.807, 2.05) is 11.9 Å². The lowest BCUT2D eigenvalue weighted by Gasteiger charge is -2.35. The van der Waals surface area contributed by atoms with Gasteiger partial charge >= 0.3 is 0 Å². The molecule has 4 rings (SSSR count). The molecule has 2 aromatic heterocycles. The second-order valence-electron chi connectivity index (χ2n) is 6.64. The molecule has 0 unspecified atom stereocenters. The van der Waals surface area contributed by atoms with Crippen LogP contribution in [0.2, 0.25) is 0 Å². The Morgan fingerprint density at radius 3 is 2.75 bits per heavy atom. The Morgan fingerprint density at radius 2 is 1.96 bits per heavy atom. The summed E-state index contributed by atoms with van der Waals surface area (Å²) in [5, 5.41) is 7.54. The van der Waals surface area contributed by atoms with Crippen molar-refractivity contribution in [1.82, 2.24) is 24.6 Å². The van der Waals surface area contributed by atoms with Gasteiger partial charge in [-0.25, -0.2) is 18.7 Å². The summed E-state index contributed by atoms with van der Waals surface area (Å²) in [4.78, 5) is 24.9. The number of benzene rings is 1. The van der Waals surface area contributed by atoms with Crippen LogP contribution in [0, 0.1) is 11.6 Å². The third kappa shape index (κ3) is 3.63. The Hall–Kier alpha value is -3.14. The van der Waals surface area contributed by atoms with Crippen molar-refractivity contribution in [1.29, 1.82) is 0 Å². The summed E-state index contributed by atoms with van der Waals surface area (Å²) in [5.41, 5.74) is 0.618. The molecule has 1 saturated heterocycles. The number of nitrogens with zero attached hydrogens (tertiary/aromatic N) is 6. The largest absolute Gasteiger partial charge is 0.353 e. The van der Waals surface area contributed by atoms with Crippen molar-refractivity contribution in [3.8, 4) is 0 Å². The molecule has 1 N–H and O–H groups in total. The van der Waals surface area contributed by atoms with Crippen LogP contribution in [0.5, 0.6) is 0 Å². The first kappa shape index (κ1) is 18.2. The second-order valence-corrected chi connectivity index (χ2v) is 6.64. The second kappa shape index (κ2) is 7.47. The lowest BCUT2D eigenvalue weighted by Crippen LogP contribution is -2.49. The minimum absolute atomic E-state index is 0.107. The summed E-state index contributed by atoms with van der Waals surface area (Å²) >= 11 is 0. The van der Waals surface area contributed by atoms with Crippen LogP contribution >= 0.6 is 0 Å². The van der Waals surface area contributed by atoms with Gasteiger partial charge in [-0.15, -0.1) is 0 Å². The fourth-order valence-corrected chi connectivity index (χ4v) is 3.31. The summed E-state index contributed by atoms with van der Waals surface area (Å²) in [5.74, 6) is -0.820. The molecule has 0 spiro atoms. The first-order chi connectivity index (χ1) is 13.5. The number of rotatable bonds is 4. The van der Waals surface area contributed by atoms with Gasteiger partial charge in [0, 0.05) is 39.3 Å². The van der Waals surface area contributed by atoms with Crippen molar-refractivity contribution in [3.05, 3.63) is 42.4 Å². The number of hydrogen-bond donors (Lipinski definition) is 1. The normalized spacial score (nSPS) is 15.2. The molecule has 1 amide bonds. The molecule has 1 aliphatic heterocycles. The summed E-state index contributed by atoms with van der Waals surface area (Å²) in [6, 6.07) is 2.97. The molecule has 3 heterocycles. The van der Waals surface area contributed by atoms with E-state index in [0.29, 0.717) is 26.2 Å². The van der Waals surface area contributed by atoms with Gasteiger partial charge in [-0.2, -0.15) is 5.10 Å². The van der Waals surface area contributed by atoms with Crippen LogP contribution < -0.4 is 10.2 Å². The predicted molar refractivity (Wildman–Crippen MR) is 99.9 cm³/mol. The highest BCUT2D eigenvalue weighted by Crippen LogP contribution is 2.23. The van der Waals surface area contributed by atoms with Crippen molar-refractivity contribution in [3.63, 3.8) is 0 Å². The first-order valence-corrected chi connectivity index (χ1v) is 8.86. The van der Waals surface area contributed by atoms with Crippen LogP contribution in [0.3, 0.4) is 0 Å². The highest BCUT2D eigenvalue weighted by molar-refractivity contribution is 5.92. The molecule has 28 heavy (non-hydrogen) atoms. The molecule has 10 heteroatoms. The number of carbonyl (C=O) groups is 1. The van der Waals surface area contributed by atoms with E-state index in [0.717, 1.165) is 35.1 Å². The maximum Gasteiger partial charge on any atom is 0.238 e. The molecule has 3 aromatic rings. The molecule has 8 nitrogen and oxygen atoms in total. The Morgan fingerprint density at radius 1 is 1.18 bits per heavy atom. The van der Waals surface area contributed by atoms with Gasteiger partial charge in [0.05, 0.1) is 23.8 Å². The number of carbonyl (C=O) groups excluding carboxylic acids is 1. The third-order valence-corrected chi connectivity index (χ3v) is 4.75. The van der Waals surface area contributed by atoms with Crippen molar-refractivity contribution in [2.45, 2.75) is 0 Å². The molecule has 0 saturated carbocycles. The number of halogens is 2. The maximum absolute atomic E-state index is 13.7. The SMILES string of the molecule is Cn1ncc2c(N3CCN(CC(=O)Nc4cc(F)ccc4F)CC3)ncnc21. The lowest BCUT2D eigenvalue weighted by molar-refractivity contribution is -0.117. The fraction of sp³-hybridized carbons (Fsp3) is 0.333. The molecule has 0 radical (unpaired) electrons. The number of hydrogen-bond acceptors (Lipinski definition) is 6. The van der Waals surface area contributed by atoms with E-state index in [2.05, 4.69) is 25.3 Å². The summed E-state index contributed by atoms with van der Waals surface area (Å²) in [6.07, 6.45) is 3.27. The van der Waals surface area contributed by atoms with E-state index in [1.54, 1.807) is 10.9 Å². The Labute approximate surface area is 159 Å². The molecule has 1 fully saturated rings. The van der Waals surface area contributed by atoms with E-state index in [4.69, 9.17) is 0 Å². The third-order valence-electron chi connectivity index (χ3n) is 4.75. The number of amides is 1. The van der Waals surface area contributed by atoms with Gasteiger partial charge in [0.25, 0.3) is 0 Å². The van der Waals surface area contributed by atoms with E-state index in [1.165, 1.54) is 6.33 Å². The summed E-state index contributed by atoms with van der Waals surface area (Å²) < 4.78 is 28.6. The van der Waals surface area contributed by atoms with Crippen molar-refractivity contribution in [2.75, 3.05) is 42.9 Å². The van der Waals surface area contributed by atoms with Gasteiger partial charge < -0.3 is 10.2 Å². The zero-order chi connectivity index (χ0) is 19.7. The van der Waals surface area contributed by atoms with Crippen LogP contribution in [-0.4, -0.2) is 63.3 Å². The number of piperazine rings is 1. The molecule has 0 aliphatic carbocycles. The lowest BCUT2D eigenvalue weighted by atomic mass is 10.2. The van der Waals surface area contributed by atoms with E-state index in [9.17, 15) is 13.6 Å². The van der Waals surface area contributed by atoms with Gasteiger partial charge in [-0.3, -0.25) is 14.4 Å². The van der Waals surface area contributed by atoms with Gasteiger partial charge in [0.2, 0.25) is 5.91 Å². The monoisotopic (exact) mass is 387 g/mol. The number of fused-ring (bicyclic) bond motifs is 1. The molecular weight excluding hydrogens is 368 g/mol. The highest BCUT2D eigenvalue weighted by atomic mass is 19.1. The molecule has 146 valence electrons. The fourth-order valence-electron chi connectivity index (χ4n) is 3.31. The first-order valence-electron chi connectivity index (χ1n) is 8.86. The van der Waals surface area contributed by atoms with Crippen LogP contribution in [0.15, 0.2) is 30.7 Å². The minimum Gasteiger partial charge on any atom is -0.353 e. The van der Waals surface area contributed by atoms with E-state index >= 15 is 0 Å². The zero-order valence-electron chi connectivity index (χ0n) is 15.3. The van der Waals surface area contributed by atoms with Crippen LogP contribution in [0.25, 0.3) is 11.0 Å². The standard InChI is InChI=1S/C18H19F2N7O/c1-25-17-13(9-23-25)18(22-11-21-17)27-6-4-26(5-7-27)10-16(28)24-15-8-12(19)2-3-14(15)20/h2-3,8-9,11H,4-7,10H2,1H3,(H,24,28). The van der Waals surface area contributed by atoms with Crippen LogP contribution in [0.1, 0.15) is 0 Å². The quantitative estimate of drug-likeness (QED) is 0.729. The molecular formula is C18H19F2N7O. The van der Waals surface area contributed by atoms with Gasteiger partial charge in [-0.1, -0.05) is 0 Å². The highest BCUT2D eigenvalue weighted by Gasteiger charge is 2.22. The predicted octanol–water partition coefficient (Wildman–Crippen LogP) is 1.40. The van der Waals surface area contributed by atoms with Crippen molar-refractivity contribution < 1.29 is 13.6 Å². The van der Waals surface area contributed by atoms with E-state index in [-0.39, 0.29) is 18.1 Å². The molecule has 0 bridgehead atoms. The Kier molecular flexibility index (Phi) is 4.86. The Bertz CT molecular complexity index is 1010. The zero-order valence-corrected chi connectivity index (χ0v) is 15.3. The topological polar surface area (TPSA) is 79.2 Å². The number of anilines is 2. The molecule has 1 aliphatic rings. The van der Waals surface area contributed by atoms with Crippen LogP contribution in [0.4, 0.5) is 20.3 Å². The van der Waals surface area contributed by atoms with Gasteiger partial charge in [0.15, 0.2) is 5.65 Å². The van der Waals surface area contributed by atoms with Crippen molar-refractivity contribution in [2.24, 2.45) is 7.05 Å². The summed E-state index contributed by atoms with van der Waals surface area (Å²) in [6.45, 7) is 2.76. The Balaban J connectivity index is 1.36. The average Bonchev–Trinajstić information content (AvgIpc) is 3.07. The van der Waals surface area contributed by atoms with E-state index < -0.39 is 11.6 Å². The number of nitrogens with one attached hydrogen (secondary N) is 1. The molecule has 1 aromatic carbocycles. The summed E-state index contributed by atoms with van der Waals surface area (Å²) in [7, 11) is 1.83. The van der Waals surface area contributed by atoms with Crippen LogP contribution in [-0.2, 0) is 11.8 Å². The average molecular weight is 387 g/mol.